The van der Waals surface area contributed by atoms with E-state index in [9.17, 15) is 4.79 Å². The Morgan fingerprint density at radius 3 is 2.50 bits per heavy atom. The quantitative estimate of drug-likeness (QED) is 0.825. The number of ether oxygens (including phenoxy) is 1. The van der Waals surface area contributed by atoms with Crippen LogP contribution in [-0.4, -0.2) is 31.2 Å². The molecule has 3 unspecified atom stereocenters. The van der Waals surface area contributed by atoms with Gasteiger partial charge in [-0.15, -0.1) is 0 Å². The van der Waals surface area contributed by atoms with Crippen LogP contribution < -0.4 is 11.1 Å². The summed E-state index contributed by atoms with van der Waals surface area (Å²) in [5, 5.41) is 3.19. The van der Waals surface area contributed by atoms with E-state index in [4.69, 9.17) is 10.5 Å². The Hall–Kier alpha value is -0.610. The third-order valence-electron chi connectivity index (χ3n) is 5.50. The Balaban J connectivity index is 1.42. The largest absolute Gasteiger partial charge is 0.381 e. The van der Waals surface area contributed by atoms with Crippen molar-refractivity contribution in [1.82, 2.24) is 5.32 Å². The summed E-state index contributed by atoms with van der Waals surface area (Å²) < 4.78 is 5.33. The average Bonchev–Trinajstić information content (AvgIpc) is 3.27. The molecular formula is C16H28N2O2. The zero-order valence-corrected chi connectivity index (χ0v) is 12.4. The van der Waals surface area contributed by atoms with Gasteiger partial charge in [-0.2, -0.15) is 0 Å². The molecule has 3 aliphatic rings. The van der Waals surface area contributed by atoms with E-state index in [1.165, 1.54) is 38.5 Å². The summed E-state index contributed by atoms with van der Waals surface area (Å²) in [6.07, 6.45) is 9.90. The van der Waals surface area contributed by atoms with E-state index in [0.717, 1.165) is 37.9 Å². The van der Waals surface area contributed by atoms with Gasteiger partial charge in [0.2, 0.25) is 5.91 Å². The van der Waals surface area contributed by atoms with Crippen LogP contribution in [-0.2, 0) is 9.53 Å². The highest BCUT2D eigenvalue weighted by molar-refractivity contribution is 5.82. The van der Waals surface area contributed by atoms with Crippen LogP contribution in [0.25, 0.3) is 0 Å². The van der Waals surface area contributed by atoms with Crippen molar-refractivity contribution >= 4 is 5.91 Å². The average molecular weight is 280 g/mol. The normalized spacial score (nSPS) is 33.6. The van der Waals surface area contributed by atoms with Crippen LogP contribution in [0.5, 0.6) is 0 Å². The van der Waals surface area contributed by atoms with Crippen molar-refractivity contribution in [3.8, 4) is 0 Å². The van der Waals surface area contributed by atoms with E-state index in [1.54, 1.807) is 0 Å². The molecule has 0 aromatic heterocycles. The van der Waals surface area contributed by atoms with Crippen LogP contribution in [0.1, 0.15) is 51.4 Å². The second kappa shape index (κ2) is 6.44. The highest BCUT2D eigenvalue weighted by Gasteiger charge is 2.44. The first-order valence-corrected chi connectivity index (χ1v) is 8.39. The number of nitrogens with one attached hydrogen (secondary N) is 1. The van der Waals surface area contributed by atoms with E-state index >= 15 is 0 Å². The number of hydrogen-bond donors (Lipinski definition) is 2. The Labute approximate surface area is 121 Å². The van der Waals surface area contributed by atoms with Crippen LogP contribution in [0.2, 0.25) is 0 Å². The minimum absolute atomic E-state index is 0.0696. The summed E-state index contributed by atoms with van der Waals surface area (Å²) >= 11 is 0. The van der Waals surface area contributed by atoms with Gasteiger partial charge in [-0.05, 0) is 37.0 Å². The topological polar surface area (TPSA) is 64.4 Å². The van der Waals surface area contributed by atoms with Gasteiger partial charge in [-0.1, -0.05) is 32.1 Å². The van der Waals surface area contributed by atoms with Gasteiger partial charge in [0.15, 0.2) is 0 Å². The van der Waals surface area contributed by atoms with Crippen molar-refractivity contribution in [2.24, 2.45) is 23.5 Å². The van der Waals surface area contributed by atoms with Crippen LogP contribution in [0.4, 0.5) is 0 Å². The number of rotatable bonds is 4. The molecule has 3 N–H and O–H groups in total. The van der Waals surface area contributed by atoms with E-state index in [2.05, 4.69) is 5.32 Å². The minimum Gasteiger partial charge on any atom is -0.381 e. The van der Waals surface area contributed by atoms with E-state index < -0.39 is 0 Å². The number of nitrogens with two attached hydrogens (primary N) is 1. The maximum atomic E-state index is 12.2. The van der Waals surface area contributed by atoms with Crippen LogP contribution >= 0.6 is 0 Å². The number of hydrogen-bond acceptors (Lipinski definition) is 3. The molecule has 0 aromatic rings. The summed E-state index contributed by atoms with van der Waals surface area (Å²) in [5.41, 5.74) is 6.12. The molecule has 114 valence electrons. The summed E-state index contributed by atoms with van der Waals surface area (Å²) in [5.74, 6) is 1.96. The van der Waals surface area contributed by atoms with E-state index in [0.29, 0.717) is 12.0 Å². The molecule has 3 rings (SSSR count). The lowest BCUT2D eigenvalue weighted by Gasteiger charge is -2.27. The molecule has 3 fully saturated rings. The molecule has 4 nitrogen and oxygen atoms in total. The fourth-order valence-electron chi connectivity index (χ4n) is 4.03. The van der Waals surface area contributed by atoms with Gasteiger partial charge in [0, 0.05) is 19.3 Å². The first kappa shape index (κ1) is 14.3. The number of carbonyl (C=O) groups excluding carboxylic acids is 1. The van der Waals surface area contributed by atoms with Gasteiger partial charge in [0.25, 0.3) is 0 Å². The van der Waals surface area contributed by atoms with Crippen molar-refractivity contribution < 1.29 is 9.53 Å². The maximum absolute atomic E-state index is 12.2. The third-order valence-corrected chi connectivity index (χ3v) is 5.50. The van der Waals surface area contributed by atoms with Crippen LogP contribution in [0, 0.1) is 17.8 Å². The molecule has 1 aliphatic heterocycles. The van der Waals surface area contributed by atoms with Crippen molar-refractivity contribution in [3.05, 3.63) is 0 Å². The van der Waals surface area contributed by atoms with Gasteiger partial charge in [0.05, 0.1) is 6.04 Å². The van der Waals surface area contributed by atoms with Gasteiger partial charge >= 0.3 is 0 Å². The Morgan fingerprint density at radius 2 is 1.80 bits per heavy atom. The zero-order chi connectivity index (χ0) is 13.9. The standard InChI is InChI=1S/C16H28N2O2/c17-15(12-6-8-20-9-7-12)16(19)18-14-10-13(14)11-4-2-1-3-5-11/h11-15H,1-10,17H2,(H,18,19). The van der Waals surface area contributed by atoms with Crippen molar-refractivity contribution in [2.75, 3.05) is 13.2 Å². The smallest absolute Gasteiger partial charge is 0.237 e. The SMILES string of the molecule is NC(C(=O)NC1CC1C1CCCCC1)C1CCOCC1. The first-order valence-electron chi connectivity index (χ1n) is 8.39. The molecule has 0 bridgehead atoms. The molecule has 2 aliphatic carbocycles. The summed E-state index contributed by atoms with van der Waals surface area (Å²) in [6.45, 7) is 1.50. The van der Waals surface area contributed by atoms with Crippen molar-refractivity contribution in [1.29, 1.82) is 0 Å². The molecule has 1 amide bonds. The predicted octanol–water partition coefficient (Wildman–Crippen LogP) is 1.83. The Bertz CT molecular complexity index is 335. The number of carbonyl (C=O) groups is 1. The second-order valence-corrected chi connectivity index (χ2v) is 6.89. The van der Waals surface area contributed by atoms with Gasteiger partial charge in [-0.3, -0.25) is 4.79 Å². The molecule has 3 atom stereocenters. The summed E-state index contributed by atoms with van der Waals surface area (Å²) in [6, 6.07) is 0.0722. The second-order valence-electron chi connectivity index (χ2n) is 6.89. The Morgan fingerprint density at radius 1 is 1.10 bits per heavy atom. The summed E-state index contributed by atoms with van der Waals surface area (Å²) in [7, 11) is 0. The number of amides is 1. The lowest BCUT2D eigenvalue weighted by atomic mass is 9.85. The fourth-order valence-corrected chi connectivity index (χ4v) is 4.03. The summed E-state index contributed by atoms with van der Waals surface area (Å²) in [4.78, 5) is 12.2. The molecule has 20 heavy (non-hydrogen) atoms. The van der Waals surface area contributed by atoms with Gasteiger partial charge < -0.3 is 15.8 Å². The molecule has 1 saturated heterocycles. The van der Waals surface area contributed by atoms with Crippen LogP contribution in [0.15, 0.2) is 0 Å². The molecule has 0 radical (unpaired) electrons. The van der Waals surface area contributed by atoms with Gasteiger partial charge in [0.1, 0.15) is 0 Å². The van der Waals surface area contributed by atoms with Crippen LogP contribution in [0.3, 0.4) is 0 Å². The van der Waals surface area contributed by atoms with Crippen molar-refractivity contribution in [2.45, 2.75) is 63.5 Å². The highest BCUT2D eigenvalue weighted by Crippen LogP contribution is 2.44. The molecular weight excluding hydrogens is 252 g/mol. The molecule has 0 aromatic carbocycles. The zero-order valence-electron chi connectivity index (χ0n) is 12.4. The minimum atomic E-state index is -0.341. The predicted molar refractivity (Wildman–Crippen MR) is 78.1 cm³/mol. The third kappa shape index (κ3) is 3.34. The van der Waals surface area contributed by atoms with Gasteiger partial charge in [-0.25, -0.2) is 0 Å². The monoisotopic (exact) mass is 280 g/mol. The molecule has 0 spiro atoms. The fraction of sp³-hybridized carbons (Fsp3) is 0.938. The van der Waals surface area contributed by atoms with E-state index in [1.807, 2.05) is 0 Å². The lowest BCUT2D eigenvalue weighted by Crippen LogP contribution is -2.48. The lowest BCUT2D eigenvalue weighted by molar-refractivity contribution is -0.124. The highest BCUT2D eigenvalue weighted by atomic mass is 16.5. The maximum Gasteiger partial charge on any atom is 0.237 e. The molecule has 1 heterocycles. The molecule has 2 saturated carbocycles. The first-order chi connectivity index (χ1) is 9.75. The van der Waals surface area contributed by atoms with Crippen molar-refractivity contribution in [3.63, 3.8) is 0 Å². The van der Waals surface area contributed by atoms with E-state index in [-0.39, 0.29) is 11.9 Å². The molecule has 4 heteroatoms. The Kier molecular flexibility index (Phi) is 4.61.